The maximum atomic E-state index is 12.5. The second-order valence-electron chi connectivity index (χ2n) is 8.48. The van der Waals surface area contributed by atoms with E-state index in [-0.39, 0.29) is 12.1 Å². The molecule has 0 saturated carbocycles. The first-order chi connectivity index (χ1) is 18.5. The van der Waals surface area contributed by atoms with Crippen molar-refractivity contribution in [3.63, 3.8) is 0 Å². The number of anilines is 4. The van der Waals surface area contributed by atoms with E-state index < -0.39 is 0 Å². The number of carbonyl (C=O) groups excluding carboxylic acids is 2. The first-order valence-corrected chi connectivity index (χ1v) is 12.0. The van der Waals surface area contributed by atoms with Gasteiger partial charge in [-0.25, -0.2) is 9.59 Å². The molecule has 4 aromatic carbocycles. The molecule has 0 saturated heterocycles. The maximum absolute atomic E-state index is 12.5. The molecule has 0 aromatic heterocycles. The molecule has 4 aromatic rings. The molecule has 6 nitrogen and oxygen atoms in total. The van der Waals surface area contributed by atoms with Gasteiger partial charge in [0.15, 0.2) is 0 Å². The Bertz CT molecular complexity index is 1450. The molecule has 0 unspecified atom stereocenters. The minimum Gasteiger partial charge on any atom is -0.308 e. The maximum Gasteiger partial charge on any atom is 0.323 e. The lowest BCUT2D eigenvalue weighted by molar-refractivity contribution is 0.261. The van der Waals surface area contributed by atoms with Gasteiger partial charge in [-0.05, 0) is 74.2 Å². The molecule has 4 amide bonds. The van der Waals surface area contributed by atoms with E-state index in [9.17, 15) is 9.59 Å². The minimum absolute atomic E-state index is 0.363. The van der Waals surface area contributed by atoms with E-state index in [1.54, 1.807) is 24.3 Å². The molecule has 0 aliphatic carbocycles. The smallest absolute Gasteiger partial charge is 0.308 e. The fourth-order valence-electron chi connectivity index (χ4n) is 3.44. The van der Waals surface area contributed by atoms with Gasteiger partial charge in [0.05, 0.1) is 11.4 Å². The zero-order valence-corrected chi connectivity index (χ0v) is 21.1. The summed E-state index contributed by atoms with van der Waals surface area (Å²) >= 11 is 0. The minimum atomic E-state index is -0.363. The molecule has 0 atom stereocenters. The number of rotatable bonds is 4. The lowest BCUT2D eigenvalue weighted by Gasteiger charge is -2.09. The van der Waals surface area contributed by atoms with E-state index in [0.29, 0.717) is 33.9 Å². The summed E-state index contributed by atoms with van der Waals surface area (Å²) in [6.45, 7) is 3.97. The van der Waals surface area contributed by atoms with Crippen LogP contribution < -0.4 is 21.3 Å². The Morgan fingerprint density at radius 1 is 0.500 bits per heavy atom. The molecule has 0 fully saturated rings. The van der Waals surface area contributed by atoms with Crippen molar-refractivity contribution in [2.75, 3.05) is 21.3 Å². The summed E-state index contributed by atoms with van der Waals surface area (Å²) in [4.78, 5) is 24.9. The van der Waals surface area contributed by atoms with Crippen LogP contribution in [0.4, 0.5) is 32.3 Å². The number of amides is 4. The van der Waals surface area contributed by atoms with E-state index in [1.165, 1.54) is 0 Å². The number of aryl methyl sites for hydroxylation is 2. The number of benzene rings is 4. The van der Waals surface area contributed by atoms with Crippen LogP contribution in [-0.4, -0.2) is 12.1 Å². The van der Waals surface area contributed by atoms with Crippen LogP contribution in [0, 0.1) is 37.5 Å². The fraction of sp³-hybridized carbons (Fsp3) is 0.0625. The highest BCUT2D eigenvalue weighted by molar-refractivity contribution is 6.01. The number of para-hydroxylation sites is 2. The van der Waals surface area contributed by atoms with E-state index in [0.717, 1.165) is 11.1 Å². The van der Waals surface area contributed by atoms with Crippen LogP contribution >= 0.6 is 0 Å². The molecule has 0 spiro atoms. The zero-order chi connectivity index (χ0) is 26.7. The second-order valence-corrected chi connectivity index (χ2v) is 8.48. The van der Waals surface area contributed by atoms with E-state index in [4.69, 9.17) is 0 Å². The number of hydrogen-bond acceptors (Lipinski definition) is 2. The SMILES string of the molecule is Cc1ccc(NC(=O)Nc2ccccc2C#CC#Cc2ccccc2NC(=O)Nc2ccc(C)cc2)cc1. The Morgan fingerprint density at radius 3 is 1.26 bits per heavy atom. The van der Waals surface area contributed by atoms with Crippen LogP contribution in [-0.2, 0) is 0 Å². The molecular formula is C32H26N4O2. The second kappa shape index (κ2) is 12.5. The summed E-state index contributed by atoms with van der Waals surface area (Å²) in [7, 11) is 0. The Balaban J connectivity index is 1.42. The van der Waals surface area contributed by atoms with Crippen LogP contribution in [0.3, 0.4) is 0 Å². The van der Waals surface area contributed by atoms with Crippen molar-refractivity contribution in [3.8, 4) is 23.7 Å². The molecular weight excluding hydrogens is 472 g/mol. The van der Waals surface area contributed by atoms with Crippen molar-refractivity contribution in [1.82, 2.24) is 0 Å². The summed E-state index contributed by atoms with van der Waals surface area (Å²) in [6, 6.07) is 28.8. The number of urea groups is 2. The first kappa shape index (κ1) is 25.6. The highest BCUT2D eigenvalue weighted by Crippen LogP contribution is 2.17. The standard InChI is InChI=1S/C32H26N4O2/c1-23-15-19-27(20-16-23)33-31(37)35-29-13-7-5-11-25(29)9-3-4-10-26-12-6-8-14-30(26)36-32(38)34-28-21-17-24(2)18-22-28/h5-8,11-22H,1-2H3,(H2,33,35,37)(H2,34,36,38). The van der Waals surface area contributed by atoms with E-state index in [1.807, 2.05) is 86.6 Å². The van der Waals surface area contributed by atoms with Crippen molar-refractivity contribution in [2.45, 2.75) is 13.8 Å². The van der Waals surface area contributed by atoms with Crippen molar-refractivity contribution in [3.05, 3.63) is 119 Å². The molecule has 0 aliphatic rings. The highest BCUT2D eigenvalue weighted by atomic mass is 16.2. The Morgan fingerprint density at radius 2 is 0.868 bits per heavy atom. The zero-order valence-electron chi connectivity index (χ0n) is 21.1. The third kappa shape index (κ3) is 7.52. The van der Waals surface area contributed by atoms with E-state index >= 15 is 0 Å². The molecule has 4 N–H and O–H groups in total. The Hall–Kier alpha value is -5.46. The van der Waals surface area contributed by atoms with Gasteiger partial charge < -0.3 is 21.3 Å². The summed E-state index contributed by atoms with van der Waals surface area (Å²) in [5.41, 5.74) is 6.02. The third-order valence-electron chi connectivity index (χ3n) is 5.43. The summed E-state index contributed by atoms with van der Waals surface area (Å²) in [5, 5.41) is 11.3. The van der Waals surface area contributed by atoms with Crippen LogP contribution in [0.2, 0.25) is 0 Å². The number of nitrogens with one attached hydrogen (secondary N) is 4. The average Bonchev–Trinajstić information content (AvgIpc) is 2.91. The topological polar surface area (TPSA) is 82.3 Å². The summed E-state index contributed by atoms with van der Waals surface area (Å²) in [6.07, 6.45) is 0. The monoisotopic (exact) mass is 498 g/mol. The summed E-state index contributed by atoms with van der Waals surface area (Å²) < 4.78 is 0. The van der Waals surface area contributed by atoms with Gasteiger partial charge in [-0.3, -0.25) is 0 Å². The van der Waals surface area contributed by atoms with Gasteiger partial charge in [-0.1, -0.05) is 71.5 Å². The van der Waals surface area contributed by atoms with Gasteiger partial charge in [0.1, 0.15) is 0 Å². The molecule has 0 bridgehead atoms. The van der Waals surface area contributed by atoms with Crippen LogP contribution in [0.15, 0.2) is 97.1 Å². The van der Waals surface area contributed by atoms with Crippen molar-refractivity contribution >= 4 is 34.8 Å². The van der Waals surface area contributed by atoms with Gasteiger partial charge in [0.2, 0.25) is 0 Å². The van der Waals surface area contributed by atoms with Crippen LogP contribution in [0.25, 0.3) is 0 Å². The van der Waals surface area contributed by atoms with Crippen LogP contribution in [0.1, 0.15) is 22.3 Å². The van der Waals surface area contributed by atoms with E-state index in [2.05, 4.69) is 44.9 Å². The average molecular weight is 499 g/mol. The van der Waals surface area contributed by atoms with Crippen molar-refractivity contribution in [2.24, 2.45) is 0 Å². The highest BCUT2D eigenvalue weighted by Gasteiger charge is 2.07. The van der Waals surface area contributed by atoms with Gasteiger partial charge >= 0.3 is 12.1 Å². The molecule has 0 radical (unpaired) electrons. The number of carbonyl (C=O) groups is 2. The largest absolute Gasteiger partial charge is 0.323 e. The predicted molar refractivity (Wildman–Crippen MR) is 154 cm³/mol. The van der Waals surface area contributed by atoms with Gasteiger partial charge in [-0.15, -0.1) is 0 Å². The molecule has 0 aliphatic heterocycles. The van der Waals surface area contributed by atoms with Gasteiger partial charge in [0.25, 0.3) is 0 Å². The lowest BCUT2D eigenvalue weighted by atomic mass is 10.1. The van der Waals surface area contributed by atoms with Gasteiger partial charge in [-0.2, -0.15) is 0 Å². The Kier molecular flexibility index (Phi) is 8.42. The fourth-order valence-corrected chi connectivity index (χ4v) is 3.44. The van der Waals surface area contributed by atoms with Crippen molar-refractivity contribution in [1.29, 1.82) is 0 Å². The molecule has 0 heterocycles. The lowest BCUT2D eigenvalue weighted by Crippen LogP contribution is -2.20. The third-order valence-corrected chi connectivity index (χ3v) is 5.43. The van der Waals surface area contributed by atoms with Gasteiger partial charge in [0, 0.05) is 22.5 Å². The first-order valence-electron chi connectivity index (χ1n) is 12.0. The quantitative estimate of drug-likeness (QED) is 0.229. The normalized spacial score (nSPS) is 9.63. The molecule has 4 rings (SSSR count). The molecule has 186 valence electrons. The summed E-state index contributed by atoms with van der Waals surface area (Å²) in [5.74, 6) is 11.7. The number of hydrogen-bond donors (Lipinski definition) is 4. The predicted octanol–water partition coefficient (Wildman–Crippen LogP) is 6.99. The molecule has 6 heteroatoms. The van der Waals surface area contributed by atoms with Crippen molar-refractivity contribution < 1.29 is 9.59 Å². The Labute approximate surface area is 222 Å². The van der Waals surface area contributed by atoms with Crippen LogP contribution in [0.5, 0.6) is 0 Å². The molecule has 38 heavy (non-hydrogen) atoms.